The highest BCUT2D eigenvalue weighted by molar-refractivity contribution is 5.79. The van der Waals surface area contributed by atoms with Crippen molar-refractivity contribution in [3.8, 4) is 0 Å². The van der Waals surface area contributed by atoms with Crippen molar-refractivity contribution in [1.29, 1.82) is 0 Å². The topological polar surface area (TPSA) is 65.2 Å². The number of likely N-dealkylation sites (tertiary alicyclic amines) is 1. The van der Waals surface area contributed by atoms with E-state index in [9.17, 15) is 9.59 Å². The fourth-order valence-electron chi connectivity index (χ4n) is 3.25. The van der Waals surface area contributed by atoms with Crippen LogP contribution in [0.15, 0.2) is 35.1 Å². The number of rotatable bonds is 4. The third kappa shape index (κ3) is 3.67. The molecule has 5 nitrogen and oxygen atoms in total. The first-order chi connectivity index (χ1) is 11.5. The second kappa shape index (κ2) is 7.18. The molecule has 0 radical (unpaired) electrons. The zero-order chi connectivity index (χ0) is 17.1. The molecule has 1 aromatic carbocycles. The molecule has 1 saturated heterocycles. The molecule has 0 atom stereocenters. The maximum absolute atomic E-state index is 12.2. The van der Waals surface area contributed by atoms with E-state index >= 15 is 0 Å². The lowest BCUT2D eigenvalue weighted by Gasteiger charge is -2.33. The molecule has 0 aliphatic carbocycles. The van der Waals surface area contributed by atoms with Crippen LogP contribution < -0.4 is 10.9 Å². The van der Waals surface area contributed by atoms with Gasteiger partial charge in [-0.3, -0.25) is 9.59 Å². The van der Waals surface area contributed by atoms with Gasteiger partial charge in [0.2, 0.25) is 5.91 Å². The molecule has 1 aliphatic rings. The first-order valence-electron chi connectivity index (χ1n) is 8.67. The van der Waals surface area contributed by atoms with Gasteiger partial charge in [0.25, 0.3) is 5.56 Å². The minimum atomic E-state index is -0.0337. The van der Waals surface area contributed by atoms with Gasteiger partial charge in [0.15, 0.2) is 0 Å². The molecule has 128 valence electrons. The number of hydrogen-bond donors (Lipinski definition) is 2. The van der Waals surface area contributed by atoms with E-state index in [0.29, 0.717) is 12.6 Å². The first kappa shape index (κ1) is 16.7. The molecule has 0 saturated carbocycles. The molecule has 3 rings (SSSR count). The van der Waals surface area contributed by atoms with Crippen LogP contribution in [0.5, 0.6) is 0 Å². The molecule has 5 heteroatoms. The zero-order valence-corrected chi connectivity index (χ0v) is 14.3. The lowest BCUT2D eigenvalue weighted by atomic mass is 10.0. The Morgan fingerprint density at radius 2 is 2.00 bits per heavy atom. The van der Waals surface area contributed by atoms with Crippen LogP contribution in [0.1, 0.15) is 32.3 Å². The minimum absolute atomic E-state index is 0.0337. The van der Waals surface area contributed by atoms with Crippen LogP contribution in [0.2, 0.25) is 0 Å². The molecular formula is C19H25N3O2. The van der Waals surface area contributed by atoms with E-state index < -0.39 is 0 Å². The first-order valence-corrected chi connectivity index (χ1v) is 8.67. The molecular weight excluding hydrogens is 302 g/mol. The number of pyridine rings is 1. The van der Waals surface area contributed by atoms with Gasteiger partial charge in [-0.05, 0) is 30.4 Å². The number of fused-ring (bicyclic) bond motifs is 1. The van der Waals surface area contributed by atoms with Gasteiger partial charge >= 0.3 is 0 Å². The number of nitrogens with zero attached hydrogens (tertiary/aromatic N) is 1. The summed E-state index contributed by atoms with van der Waals surface area (Å²) in [5.74, 6) is 0.296. The van der Waals surface area contributed by atoms with Gasteiger partial charge in [0, 0.05) is 42.7 Å². The van der Waals surface area contributed by atoms with E-state index in [0.717, 1.165) is 42.4 Å². The molecule has 2 heterocycles. The standard InChI is InChI=1S/C19H25N3O2/c1-13(2)19(24)22-9-7-16(8-10-22)20-12-15-11-14-5-3-4-6-17(14)21-18(15)23/h3-6,11,13,16,20H,7-10,12H2,1-2H3,(H,21,23). The smallest absolute Gasteiger partial charge is 0.252 e. The number of para-hydroxylation sites is 1. The van der Waals surface area contributed by atoms with Crippen LogP contribution in [0.4, 0.5) is 0 Å². The van der Waals surface area contributed by atoms with Crippen molar-refractivity contribution in [3.05, 3.63) is 46.2 Å². The van der Waals surface area contributed by atoms with Crippen molar-refractivity contribution in [2.75, 3.05) is 13.1 Å². The zero-order valence-electron chi connectivity index (χ0n) is 14.3. The molecule has 0 spiro atoms. The summed E-state index contributed by atoms with van der Waals surface area (Å²) >= 11 is 0. The largest absolute Gasteiger partial charge is 0.342 e. The summed E-state index contributed by atoms with van der Waals surface area (Å²) in [7, 11) is 0. The highest BCUT2D eigenvalue weighted by Crippen LogP contribution is 2.14. The van der Waals surface area contributed by atoms with Crippen LogP contribution >= 0.6 is 0 Å². The van der Waals surface area contributed by atoms with Crippen LogP contribution in [0, 0.1) is 5.92 Å². The van der Waals surface area contributed by atoms with E-state index in [1.54, 1.807) is 0 Å². The van der Waals surface area contributed by atoms with E-state index in [4.69, 9.17) is 0 Å². The van der Waals surface area contributed by atoms with Gasteiger partial charge in [-0.2, -0.15) is 0 Å². The van der Waals surface area contributed by atoms with Crippen LogP contribution in [0.25, 0.3) is 10.9 Å². The second-order valence-corrected chi connectivity index (χ2v) is 6.85. The Labute approximate surface area is 142 Å². The monoisotopic (exact) mass is 327 g/mol. The maximum Gasteiger partial charge on any atom is 0.252 e. The number of carbonyl (C=O) groups is 1. The normalized spacial score (nSPS) is 16.0. The molecule has 1 amide bonds. The second-order valence-electron chi connectivity index (χ2n) is 6.85. The highest BCUT2D eigenvalue weighted by Gasteiger charge is 2.24. The minimum Gasteiger partial charge on any atom is -0.342 e. The van der Waals surface area contributed by atoms with Gasteiger partial charge < -0.3 is 15.2 Å². The third-order valence-corrected chi connectivity index (χ3v) is 4.71. The average Bonchev–Trinajstić information content (AvgIpc) is 2.59. The third-order valence-electron chi connectivity index (χ3n) is 4.71. The van der Waals surface area contributed by atoms with Gasteiger partial charge in [-0.1, -0.05) is 32.0 Å². The van der Waals surface area contributed by atoms with E-state index in [-0.39, 0.29) is 17.4 Å². The molecule has 1 fully saturated rings. The predicted octanol–water partition coefficient (Wildman–Crippen LogP) is 2.26. The summed E-state index contributed by atoms with van der Waals surface area (Å²) in [5.41, 5.74) is 1.59. The molecule has 1 aliphatic heterocycles. The van der Waals surface area contributed by atoms with Crippen LogP contribution in [-0.4, -0.2) is 34.9 Å². The molecule has 1 aromatic heterocycles. The molecule has 2 N–H and O–H groups in total. The van der Waals surface area contributed by atoms with Crippen molar-refractivity contribution in [2.45, 2.75) is 39.3 Å². The average molecular weight is 327 g/mol. The van der Waals surface area contributed by atoms with Crippen molar-refractivity contribution in [3.63, 3.8) is 0 Å². The van der Waals surface area contributed by atoms with Crippen molar-refractivity contribution < 1.29 is 4.79 Å². The van der Waals surface area contributed by atoms with Gasteiger partial charge in [0.1, 0.15) is 0 Å². The van der Waals surface area contributed by atoms with E-state index in [1.165, 1.54) is 0 Å². The van der Waals surface area contributed by atoms with Crippen LogP contribution in [0.3, 0.4) is 0 Å². The Morgan fingerprint density at radius 1 is 1.29 bits per heavy atom. The Balaban J connectivity index is 1.58. The van der Waals surface area contributed by atoms with Crippen molar-refractivity contribution in [2.24, 2.45) is 5.92 Å². The van der Waals surface area contributed by atoms with E-state index in [1.807, 2.05) is 49.1 Å². The Hall–Kier alpha value is -2.14. The van der Waals surface area contributed by atoms with Gasteiger partial charge in [-0.15, -0.1) is 0 Å². The summed E-state index contributed by atoms with van der Waals surface area (Å²) in [6.45, 7) is 6.03. The maximum atomic E-state index is 12.2. The number of aromatic nitrogens is 1. The number of amides is 1. The summed E-state index contributed by atoms with van der Waals surface area (Å²) in [6, 6.07) is 10.1. The number of piperidine rings is 1. The Bertz CT molecular complexity index is 774. The van der Waals surface area contributed by atoms with Crippen molar-refractivity contribution >= 4 is 16.8 Å². The fourth-order valence-corrected chi connectivity index (χ4v) is 3.25. The number of hydrogen-bond acceptors (Lipinski definition) is 3. The number of carbonyl (C=O) groups excluding carboxylic acids is 1. The summed E-state index contributed by atoms with van der Waals surface area (Å²) in [6.07, 6.45) is 1.87. The Kier molecular flexibility index (Phi) is 5.00. The fraction of sp³-hybridized carbons (Fsp3) is 0.474. The molecule has 24 heavy (non-hydrogen) atoms. The SMILES string of the molecule is CC(C)C(=O)N1CCC(NCc2cc3ccccc3[nH]c2=O)CC1. The van der Waals surface area contributed by atoms with E-state index in [2.05, 4.69) is 10.3 Å². The predicted molar refractivity (Wildman–Crippen MR) is 95.8 cm³/mol. The van der Waals surface area contributed by atoms with Crippen LogP contribution in [-0.2, 0) is 11.3 Å². The summed E-state index contributed by atoms with van der Waals surface area (Å²) < 4.78 is 0. The number of benzene rings is 1. The highest BCUT2D eigenvalue weighted by atomic mass is 16.2. The number of H-pyrrole nitrogens is 1. The van der Waals surface area contributed by atoms with Gasteiger partial charge in [-0.25, -0.2) is 0 Å². The molecule has 0 bridgehead atoms. The lowest BCUT2D eigenvalue weighted by molar-refractivity contribution is -0.135. The Morgan fingerprint density at radius 3 is 2.71 bits per heavy atom. The quantitative estimate of drug-likeness (QED) is 0.905. The molecule has 2 aromatic rings. The number of aromatic amines is 1. The lowest BCUT2D eigenvalue weighted by Crippen LogP contribution is -2.46. The summed E-state index contributed by atoms with van der Waals surface area (Å²) in [5, 5.41) is 4.52. The number of nitrogens with one attached hydrogen (secondary N) is 2. The van der Waals surface area contributed by atoms with Gasteiger partial charge in [0.05, 0.1) is 0 Å². The summed E-state index contributed by atoms with van der Waals surface area (Å²) in [4.78, 5) is 29.1. The van der Waals surface area contributed by atoms with Crippen molar-refractivity contribution in [1.82, 2.24) is 15.2 Å². The molecule has 0 unspecified atom stereocenters.